The largest absolute Gasteiger partial charge is 0.296 e. The second-order valence-electron chi connectivity index (χ2n) is 6.97. The topological polar surface area (TPSA) is 92.3 Å². The van der Waals surface area contributed by atoms with E-state index in [9.17, 15) is 13.2 Å². The van der Waals surface area contributed by atoms with E-state index in [4.69, 9.17) is 11.6 Å². The number of anilines is 1. The minimum absolute atomic E-state index is 0.0734. The number of nitrogens with zero attached hydrogens (tertiary/aromatic N) is 3. The number of carbonyl (C=O) groups excluding carboxylic acids is 1. The van der Waals surface area contributed by atoms with Gasteiger partial charge in [0, 0.05) is 24.6 Å². The molecular weight excluding hydrogens is 432 g/mol. The summed E-state index contributed by atoms with van der Waals surface area (Å²) in [5, 5.41) is 12.5. The molecule has 1 N–H and O–H groups in total. The molecule has 1 saturated carbocycles. The molecule has 7 nitrogen and oxygen atoms in total. The zero-order valence-corrected chi connectivity index (χ0v) is 18.9. The first-order valence-electron chi connectivity index (χ1n) is 9.81. The number of amides is 1. The van der Waals surface area contributed by atoms with Gasteiger partial charge in [0.1, 0.15) is 9.90 Å². The summed E-state index contributed by atoms with van der Waals surface area (Å²) in [7, 11) is -3.78. The van der Waals surface area contributed by atoms with Crippen LogP contribution in [0.4, 0.5) is 5.13 Å². The zero-order chi connectivity index (χ0) is 21.0. The highest BCUT2D eigenvalue weighted by Crippen LogP contribution is 2.35. The SMILES string of the molecule is CCN(CC)S(=O)(=O)c1cc(C(=O)Nc2nnc(C3CCCCC3)s2)ccc1Cl. The molecule has 0 atom stereocenters. The molecule has 29 heavy (non-hydrogen) atoms. The Hall–Kier alpha value is -1.55. The Morgan fingerprint density at radius 2 is 1.90 bits per heavy atom. The fourth-order valence-corrected chi connectivity index (χ4v) is 6.38. The second kappa shape index (κ2) is 9.51. The van der Waals surface area contributed by atoms with Gasteiger partial charge in [-0.3, -0.25) is 10.1 Å². The van der Waals surface area contributed by atoms with Gasteiger partial charge in [-0.2, -0.15) is 4.31 Å². The van der Waals surface area contributed by atoms with Crippen molar-refractivity contribution in [3.63, 3.8) is 0 Å². The Morgan fingerprint density at radius 1 is 1.21 bits per heavy atom. The summed E-state index contributed by atoms with van der Waals surface area (Å²) in [4.78, 5) is 12.6. The molecule has 3 rings (SSSR count). The predicted molar refractivity (Wildman–Crippen MR) is 115 cm³/mol. The summed E-state index contributed by atoms with van der Waals surface area (Å²) in [6, 6.07) is 4.25. The van der Waals surface area contributed by atoms with Gasteiger partial charge in [0.25, 0.3) is 5.91 Å². The van der Waals surface area contributed by atoms with Gasteiger partial charge in [0.2, 0.25) is 15.2 Å². The van der Waals surface area contributed by atoms with Crippen LogP contribution in [0.15, 0.2) is 23.1 Å². The van der Waals surface area contributed by atoms with Crippen molar-refractivity contribution in [2.45, 2.75) is 56.8 Å². The van der Waals surface area contributed by atoms with Gasteiger partial charge in [-0.05, 0) is 31.0 Å². The van der Waals surface area contributed by atoms with Gasteiger partial charge in [0.05, 0.1) is 5.02 Å². The number of rotatable bonds is 7. The maximum absolute atomic E-state index is 12.8. The molecule has 0 radical (unpaired) electrons. The van der Waals surface area contributed by atoms with Gasteiger partial charge in [-0.25, -0.2) is 8.42 Å². The van der Waals surface area contributed by atoms with Gasteiger partial charge in [0.15, 0.2) is 0 Å². The minimum atomic E-state index is -3.78. The molecule has 1 aliphatic carbocycles. The summed E-state index contributed by atoms with van der Waals surface area (Å²) in [5.41, 5.74) is 0.203. The number of carbonyl (C=O) groups is 1. The highest BCUT2D eigenvalue weighted by Gasteiger charge is 2.26. The molecule has 1 aromatic heterocycles. The third-order valence-electron chi connectivity index (χ3n) is 5.13. The second-order valence-corrected chi connectivity index (χ2v) is 10.3. The molecule has 1 aromatic carbocycles. The molecule has 0 bridgehead atoms. The van der Waals surface area contributed by atoms with Gasteiger partial charge < -0.3 is 0 Å². The van der Waals surface area contributed by atoms with Crippen LogP contribution < -0.4 is 5.32 Å². The van der Waals surface area contributed by atoms with Crippen LogP contribution in [0.5, 0.6) is 0 Å². The van der Waals surface area contributed by atoms with E-state index in [1.807, 2.05) is 0 Å². The lowest BCUT2D eigenvalue weighted by Crippen LogP contribution is -2.31. The van der Waals surface area contributed by atoms with Crippen LogP contribution in [0.2, 0.25) is 5.02 Å². The molecule has 1 amide bonds. The van der Waals surface area contributed by atoms with Crippen molar-refractivity contribution in [3.8, 4) is 0 Å². The average molecular weight is 457 g/mol. The molecule has 0 saturated heterocycles. The highest BCUT2D eigenvalue weighted by atomic mass is 35.5. The first-order chi connectivity index (χ1) is 13.9. The maximum Gasteiger partial charge on any atom is 0.257 e. The third-order valence-corrected chi connectivity index (χ3v) is 8.66. The molecule has 1 aliphatic rings. The van der Waals surface area contributed by atoms with Gasteiger partial charge >= 0.3 is 0 Å². The van der Waals surface area contributed by atoms with Crippen molar-refractivity contribution in [2.75, 3.05) is 18.4 Å². The standard InChI is InChI=1S/C19H25ClN4O3S2/c1-3-24(4-2)29(26,27)16-12-14(10-11-15(16)20)17(25)21-19-23-22-18(28-19)13-8-6-5-7-9-13/h10-13H,3-9H2,1-2H3,(H,21,23,25). The Bertz CT molecular complexity index is 968. The number of nitrogens with one attached hydrogen (secondary N) is 1. The lowest BCUT2D eigenvalue weighted by Gasteiger charge is -2.19. The van der Waals surface area contributed by atoms with Crippen molar-refractivity contribution in [3.05, 3.63) is 33.8 Å². The molecule has 0 spiro atoms. The van der Waals surface area contributed by atoms with E-state index >= 15 is 0 Å². The molecule has 0 aliphatic heterocycles. The van der Waals surface area contributed by atoms with E-state index in [1.165, 1.54) is 53.1 Å². The predicted octanol–water partition coefficient (Wildman–Crippen LogP) is 4.52. The maximum atomic E-state index is 12.8. The Balaban J connectivity index is 1.79. The molecule has 1 heterocycles. The van der Waals surface area contributed by atoms with E-state index in [0.29, 0.717) is 24.1 Å². The molecule has 158 valence electrons. The first-order valence-corrected chi connectivity index (χ1v) is 12.4. The molecular formula is C19H25ClN4O3S2. The number of sulfonamides is 1. The van der Waals surface area contributed by atoms with Gasteiger partial charge in [-0.1, -0.05) is 56.0 Å². The fraction of sp³-hybridized carbons (Fsp3) is 0.526. The Labute approximate surface area is 180 Å². The number of hydrogen-bond donors (Lipinski definition) is 1. The molecule has 0 unspecified atom stereocenters. The lowest BCUT2D eigenvalue weighted by atomic mass is 9.90. The van der Waals surface area contributed by atoms with Crippen molar-refractivity contribution in [2.24, 2.45) is 0 Å². The third kappa shape index (κ3) is 4.96. The number of benzene rings is 1. The van der Waals surface area contributed by atoms with Crippen molar-refractivity contribution in [1.29, 1.82) is 0 Å². The van der Waals surface area contributed by atoms with E-state index < -0.39 is 15.9 Å². The number of hydrogen-bond acceptors (Lipinski definition) is 6. The van der Waals surface area contributed by atoms with Crippen LogP contribution in [0, 0.1) is 0 Å². The van der Waals surface area contributed by atoms with E-state index in [1.54, 1.807) is 13.8 Å². The van der Waals surface area contributed by atoms with Crippen LogP contribution in [-0.2, 0) is 10.0 Å². The van der Waals surface area contributed by atoms with Crippen molar-refractivity contribution < 1.29 is 13.2 Å². The van der Waals surface area contributed by atoms with Crippen molar-refractivity contribution >= 4 is 44.0 Å². The first kappa shape index (κ1) is 22.1. The number of aromatic nitrogens is 2. The van der Waals surface area contributed by atoms with E-state index in [-0.39, 0.29) is 15.5 Å². The van der Waals surface area contributed by atoms with Crippen molar-refractivity contribution in [1.82, 2.24) is 14.5 Å². The summed E-state index contributed by atoms with van der Waals surface area (Å²) >= 11 is 7.52. The summed E-state index contributed by atoms with van der Waals surface area (Å²) in [5.74, 6) is -0.0303. The Morgan fingerprint density at radius 3 is 2.55 bits per heavy atom. The van der Waals surface area contributed by atoms with E-state index in [2.05, 4.69) is 15.5 Å². The fourth-order valence-electron chi connectivity index (χ4n) is 3.51. The normalized spacial score (nSPS) is 15.6. The monoisotopic (exact) mass is 456 g/mol. The summed E-state index contributed by atoms with van der Waals surface area (Å²) in [6.07, 6.45) is 5.86. The zero-order valence-electron chi connectivity index (χ0n) is 16.5. The number of halogens is 1. The minimum Gasteiger partial charge on any atom is -0.296 e. The van der Waals surface area contributed by atoms with Gasteiger partial charge in [-0.15, -0.1) is 10.2 Å². The van der Waals surface area contributed by atoms with Crippen LogP contribution >= 0.6 is 22.9 Å². The molecule has 2 aromatic rings. The molecule has 1 fully saturated rings. The van der Waals surface area contributed by atoms with Crippen LogP contribution in [0.1, 0.15) is 67.2 Å². The quantitative estimate of drug-likeness (QED) is 0.661. The van der Waals surface area contributed by atoms with Crippen LogP contribution in [-0.4, -0.2) is 41.9 Å². The smallest absolute Gasteiger partial charge is 0.257 e. The lowest BCUT2D eigenvalue weighted by molar-refractivity contribution is 0.102. The highest BCUT2D eigenvalue weighted by molar-refractivity contribution is 7.89. The average Bonchev–Trinajstić information content (AvgIpc) is 3.18. The summed E-state index contributed by atoms with van der Waals surface area (Å²) < 4.78 is 26.9. The Kier molecular flexibility index (Phi) is 7.26. The van der Waals surface area contributed by atoms with Crippen LogP contribution in [0.3, 0.4) is 0 Å². The van der Waals surface area contributed by atoms with Crippen LogP contribution in [0.25, 0.3) is 0 Å². The van der Waals surface area contributed by atoms with E-state index in [0.717, 1.165) is 17.8 Å². The molecule has 10 heteroatoms. The summed E-state index contributed by atoms with van der Waals surface area (Å²) in [6.45, 7) is 4.15.